The van der Waals surface area contributed by atoms with Crippen molar-refractivity contribution in [2.45, 2.75) is 24.8 Å². The highest BCUT2D eigenvalue weighted by Crippen LogP contribution is 2.40. The molecule has 1 N–H and O–H groups in total. The van der Waals surface area contributed by atoms with Gasteiger partial charge in [0.1, 0.15) is 0 Å². The summed E-state index contributed by atoms with van der Waals surface area (Å²) in [6.45, 7) is 3.87. The number of fused-ring (bicyclic) bond motifs is 1. The van der Waals surface area contributed by atoms with Crippen LogP contribution < -0.4 is 5.32 Å². The molecular weight excluding hydrogens is 382 g/mol. The number of nitrogens with one attached hydrogen (secondary N) is 1. The van der Waals surface area contributed by atoms with E-state index in [1.54, 1.807) is 11.3 Å². The van der Waals surface area contributed by atoms with E-state index in [0.29, 0.717) is 12.5 Å². The molecular formula is C23H25N3O2S. The second-order valence-corrected chi connectivity index (χ2v) is 8.75. The predicted octanol–water partition coefficient (Wildman–Crippen LogP) is 3.98. The Balaban J connectivity index is 1.39. The van der Waals surface area contributed by atoms with Crippen LogP contribution in [0.4, 0.5) is 0 Å². The first-order valence-electron chi connectivity index (χ1n) is 10.3. The number of pyridine rings is 1. The number of rotatable bonds is 6. The van der Waals surface area contributed by atoms with E-state index in [4.69, 9.17) is 9.72 Å². The molecule has 2 fully saturated rings. The molecule has 150 valence electrons. The first-order chi connectivity index (χ1) is 14.3. The van der Waals surface area contributed by atoms with E-state index < -0.39 is 0 Å². The standard InChI is InChI=1S/C23H25N3O2S/c27-23(18-14-20(16-7-8-16)25-19-5-2-1-4-17(18)19)24-15-21(22-6-3-13-29-22)26-9-11-28-12-10-26/h1-6,13-14,16,21H,7-12,15H2,(H,24,27)/t21-/m1/s1. The Morgan fingerprint density at radius 3 is 2.79 bits per heavy atom. The second kappa shape index (κ2) is 8.22. The second-order valence-electron chi connectivity index (χ2n) is 7.78. The lowest BCUT2D eigenvalue weighted by molar-refractivity contribution is 0.0169. The number of thiophene rings is 1. The maximum atomic E-state index is 13.2. The zero-order valence-corrected chi connectivity index (χ0v) is 17.2. The van der Waals surface area contributed by atoms with Gasteiger partial charge in [0.2, 0.25) is 0 Å². The molecule has 3 heterocycles. The van der Waals surface area contributed by atoms with Crippen molar-refractivity contribution in [1.82, 2.24) is 15.2 Å². The summed E-state index contributed by atoms with van der Waals surface area (Å²) in [6.07, 6.45) is 2.34. The fourth-order valence-electron chi connectivity index (χ4n) is 4.04. The van der Waals surface area contributed by atoms with Gasteiger partial charge in [-0.2, -0.15) is 0 Å². The highest BCUT2D eigenvalue weighted by Gasteiger charge is 2.28. The molecule has 1 amide bonds. The lowest BCUT2D eigenvalue weighted by Gasteiger charge is -2.34. The van der Waals surface area contributed by atoms with E-state index >= 15 is 0 Å². The van der Waals surface area contributed by atoms with Crippen LogP contribution in [0.15, 0.2) is 47.8 Å². The molecule has 0 spiro atoms. The highest BCUT2D eigenvalue weighted by atomic mass is 32.1. The molecule has 2 aromatic heterocycles. The quantitative estimate of drug-likeness (QED) is 0.672. The number of ether oxygens (including phenoxy) is 1. The summed E-state index contributed by atoms with van der Waals surface area (Å²) >= 11 is 1.75. The molecule has 1 saturated carbocycles. The number of carbonyl (C=O) groups is 1. The van der Waals surface area contributed by atoms with Crippen LogP contribution in [0.3, 0.4) is 0 Å². The minimum absolute atomic E-state index is 0.0136. The lowest BCUT2D eigenvalue weighted by Crippen LogP contribution is -2.43. The molecule has 0 bridgehead atoms. The van der Waals surface area contributed by atoms with E-state index in [9.17, 15) is 4.79 Å². The van der Waals surface area contributed by atoms with E-state index in [2.05, 4.69) is 27.7 Å². The average molecular weight is 408 g/mol. The minimum atomic E-state index is -0.0136. The Labute approximate surface area is 174 Å². The van der Waals surface area contributed by atoms with Crippen LogP contribution in [0, 0.1) is 0 Å². The van der Waals surface area contributed by atoms with Crippen molar-refractivity contribution in [2.24, 2.45) is 0 Å². The van der Waals surface area contributed by atoms with Gasteiger partial charge in [0.25, 0.3) is 5.91 Å². The third-order valence-electron chi connectivity index (χ3n) is 5.79. The zero-order valence-electron chi connectivity index (χ0n) is 16.3. The lowest BCUT2D eigenvalue weighted by atomic mass is 10.0. The number of aromatic nitrogens is 1. The maximum Gasteiger partial charge on any atom is 0.252 e. The van der Waals surface area contributed by atoms with Crippen LogP contribution in [-0.2, 0) is 4.74 Å². The van der Waals surface area contributed by atoms with Gasteiger partial charge < -0.3 is 10.1 Å². The summed E-state index contributed by atoms with van der Waals surface area (Å²) in [4.78, 5) is 21.7. The van der Waals surface area contributed by atoms with E-state index in [0.717, 1.165) is 48.5 Å². The van der Waals surface area contributed by atoms with Crippen molar-refractivity contribution in [3.8, 4) is 0 Å². The molecule has 1 aliphatic heterocycles. The van der Waals surface area contributed by atoms with Gasteiger partial charge in [0.15, 0.2) is 0 Å². The molecule has 29 heavy (non-hydrogen) atoms. The van der Waals surface area contributed by atoms with Gasteiger partial charge in [-0.15, -0.1) is 11.3 Å². The maximum absolute atomic E-state index is 13.2. The number of hydrogen-bond donors (Lipinski definition) is 1. The van der Waals surface area contributed by atoms with Gasteiger partial charge in [0, 0.05) is 41.5 Å². The normalized spacial score (nSPS) is 18.6. The molecule has 3 aromatic rings. The van der Waals surface area contributed by atoms with E-state index in [1.807, 2.05) is 30.3 Å². The number of benzene rings is 1. The fourth-order valence-corrected chi connectivity index (χ4v) is 4.90. The van der Waals surface area contributed by atoms with E-state index in [-0.39, 0.29) is 11.9 Å². The molecule has 1 aliphatic carbocycles. The average Bonchev–Trinajstić information content (AvgIpc) is 3.49. The summed E-state index contributed by atoms with van der Waals surface area (Å²) in [5.74, 6) is 0.499. The number of carbonyl (C=O) groups excluding carboxylic acids is 1. The number of amides is 1. The Bertz CT molecular complexity index is 995. The zero-order chi connectivity index (χ0) is 19.6. The first kappa shape index (κ1) is 18.7. The fraction of sp³-hybridized carbons (Fsp3) is 0.391. The van der Waals surface area contributed by atoms with Gasteiger partial charge in [0.05, 0.1) is 30.3 Å². The molecule has 1 atom stereocenters. The van der Waals surface area contributed by atoms with E-state index in [1.165, 1.54) is 17.7 Å². The van der Waals surface area contributed by atoms with Gasteiger partial charge in [-0.1, -0.05) is 24.3 Å². The Morgan fingerprint density at radius 2 is 2.03 bits per heavy atom. The molecule has 0 radical (unpaired) electrons. The van der Waals surface area contributed by atoms with Crippen LogP contribution in [-0.4, -0.2) is 48.6 Å². The largest absolute Gasteiger partial charge is 0.379 e. The third kappa shape index (κ3) is 4.06. The van der Waals surface area contributed by atoms with Crippen molar-refractivity contribution in [2.75, 3.05) is 32.8 Å². The summed E-state index contributed by atoms with van der Waals surface area (Å²) < 4.78 is 5.52. The predicted molar refractivity (Wildman–Crippen MR) is 116 cm³/mol. The molecule has 1 aromatic carbocycles. The highest BCUT2D eigenvalue weighted by molar-refractivity contribution is 7.10. The number of hydrogen-bond acceptors (Lipinski definition) is 5. The Kier molecular flexibility index (Phi) is 5.31. The minimum Gasteiger partial charge on any atom is -0.379 e. The monoisotopic (exact) mass is 407 g/mol. The third-order valence-corrected chi connectivity index (χ3v) is 6.76. The molecule has 5 nitrogen and oxygen atoms in total. The summed E-state index contributed by atoms with van der Waals surface area (Å²) in [5, 5.41) is 6.25. The van der Waals surface area contributed by atoms with Crippen LogP contribution >= 0.6 is 11.3 Å². The number of morpholine rings is 1. The Hall–Kier alpha value is -2.28. The summed E-state index contributed by atoms with van der Waals surface area (Å²) in [6, 6.07) is 14.4. The number of para-hydroxylation sites is 1. The molecule has 5 rings (SSSR count). The van der Waals surface area contributed by atoms with Gasteiger partial charge in [-0.05, 0) is 36.4 Å². The van der Waals surface area contributed by atoms with Gasteiger partial charge in [-0.3, -0.25) is 14.7 Å². The van der Waals surface area contributed by atoms with Crippen molar-refractivity contribution in [1.29, 1.82) is 0 Å². The topological polar surface area (TPSA) is 54.5 Å². The molecule has 1 saturated heterocycles. The van der Waals surface area contributed by atoms with Crippen LogP contribution in [0.2, 0.25) is 0 Å². The molecule has 6 heteroatoms. The smallest absolute Gasteiger partial charge is 0.252 e. The van der Waals surface area contributed by atoms with Crippen LogP contribution in [0.1, 0.15) is 45.7 Å². The van der Waals surface area contributed by atoms with Crippen LogP contribution in [0.5, 0.6) is 0 Å². The van der Waals surface area contributed by atoms with Gasteiger partial charge in [-0.25, -0.2) is 0 Å². The van der Waals surface area contributed by atoms with Crippen LogP contribution in [0.25, 0.3) is 10.9 Å². The van der Waals surface area contributed by atoms with Crippen molar-refractivity contribution >= 4 is 28.1 Å². The van der Waals surface area contributed by atoms with Crippen molar-refractivity contribution < 1.29 is 9.53 Å². The summed E-state index contributed by atoms with van der Waals surface area (Å²) in [7, 11) is 0. The van der Waals surface area contributed by atoms with Crippen molar-refractivity contribution in [3.05, 3.63) is 64.0 Å². The van der Waals surface area contributed by atoms with Gasteiger partial charge >= 0.3 is 0 Å². The summed E-state index contributed by atoms with van der Waals surface area (Å²) in [5.41, 5.74) is 2.70. The van der Waals surface area contributed by atoms with Crippen molar-refractivity contribution in [3.63, 3.8) is 0 Å². The first-order valence-corrected chi connectivity index (χ1v) is 11.2. The Morgan fingerprint density at radius 1 is 1.21 bits per heavy atom. The number of nitrogens with zero attached hydrogens (tertiary/aromatic N) is 2. The molecule has 2 aliphatic rings. The molecule has 0 unspecified atom stereocenters. The SMILES string of the molecule is O=C(NC[C@H](c1cccs1)N1CCOCC1)c1cc(C2CC2)nc2ccccc12.